The SMILES string of the molecule is CC(C)CCC[C@@H](C)[C@H]1CC[C@H]2[C@@H]3CC=C4C[C@@H](O)CC(OP(=O)(O)O)[C@]4(C)[C@H]3CC[C@]12C. The number of fused-ring (bicyclic) bond motifs is 5. The second kappa shape index (κ2) is 9.36. The minimum Gasteiger partial charge on any atom is -0.393 e. The maximum absolute atomic E-state index is 11.8. The molecule has 9 atom stereocenters. The molecule has 4 aliphatic carbocycles. The van der Waals surface area contributed by atoms with Crippen LogP contribution in [0.3, 0.4) is 0 Å². The van der Waals surface area contributed by atoms with Crippen molar-refractivity contribution in [3.05, 3.63) is 11.6 Å². The van der Waals surface area contributed by atoms with Crippen LogP contribution in [0.4, 0.5) is 0 Å². The Labute approximate surface area is 201 Å². The fraction of sp³-hybridized carbons (Fsp3) is 0.926. The molecule has 6 heteroatoms. The molecule has 0 aliphatic heterocycles. The van der Waals surface area contributed by atoms with Gasteiger partial charge in [-0.3, -0.25) is 4.52 Å². The minimum atomic E-state index is -4.63. The monoisotopic (exact) mass is 482 g/mol. The maximum atomic E-state index is 11.8. The van der Waals surface area contributed by atoms with E-state index in [1.807, 2.05) is 0 Å². The molecule has 3 fully saturated rings. The third-order valence-corrected chi connectivity index (χ3v) is 11.1. The topological polar surface area (TPSA) is 87.0 Å². The van der Waals surface area contributed by atoms with E-state index in [1.165, 1.54) is 44.1 Å². The molecule has 0 bridgehead atoms. The molecule has 0 aromatic heterocycles. The lowest BCUT2D eigenvalue weighted by Gasteiger charge is -2.60. The molecule has 3 saturated carbocycles. The third-order valence-electron chi connectivity index (χ3n) is 10.6. The molecule has 4 aliphatic rings. The van der Waals surface area contributed by atoms with Crippen LogP contribution in [0.5, 0.6) is 0 Å². The van der Waals surface area contributed by atoms with Gasteiger partial charge in [-0.05, 0) is 79.4 Å². The summed E-state index contributed by atoms with van der Waals surface area (Å²) in [5, 5.41) is 10.4. The fourth-order valence-electron chi connectivity index (χ4n) is 9.02. The minimum absolute atomic E-state index is 0.305. The van der Waals surface area contributed by atoms with Gasteiger partial charge < -0.3 is 14.9 Å². The number of allylic oxidation sites excluding steroid dienone is 1. The van der Waals surface area contributed by atoms with E-state index < -0.39 is 25.4 Å². The second-order valence-corrected chi connectivity index (χ2v) is 14.0. The van der Waals surface area contributed by atoms with Gasteiger partial charge in [-0.15, -0.1) is 0 Å². The standard InChI is InChI=1S/C27H47O5P/c1-17(2)7-6-8-18(3)22-11-12-23-21-10-9-19-15-20(28)16-25(32-33(29,30)31)27(19,5)24(21)13-14-26(22,23)4/h9,17-18,20-25,28H,6-8,10-16H2,1-5H3,(H2,29,30,31)/t18-,20-,21+,22-,23+,24+,25?,26-,27+/m1/s1. The highest BCUT2D eigenvalue weighted by Crippen LogP contribution is 2.68. The predicted octanol–water partition coefficient (Wildman–Crippen LogP) is 6.48. The highest BCUT2D eigenvalue weighted by Gasteiger charge is 2.61. The first-order valence-corrected chi connectivity index (χ1v) is 15.0. The van der Waals surface area contributed by atoms with Gasteiger partial charge >= 0.3 is 7.82 Å². The first kappa shape index (κ1) is 25.9. The summed E-state index contributed by atoms with van der Waals surface area (Å²) in [6.07, 6.45) is 11.9. The van der Waals surface area contributed by atoms with Crippen LogP contribution in [-0.2, 0) is 9.09 Å². The third kappa shape index (κ3) is 4.79. The van der Waals surface area contributed by atoms with Crippen molar-refractivity contribution in [1.29, 1.82) is 0 Å². The quantitative estimate of drug-likeness (QED) is 0.286. The van der Waals surface area contributed by atoms with E-state index in [2.05, 4.69) is 40.7 Å². The number of rotatable bonds is 7. The van der Waals surface area contributed by atoms with Gasteiger partial charge in [-0.2, -0.15) is 0 Å². The summed E-state index contributed by atoms with van der Waals surface area (Å²) in [4.78, 5) is 19.3. The van der Waals surface area contributed by atoms with Crippen LogP contribution >= 0.6 is 7.82 Å². The van der Waals surface area contributed by atoms with E-state index in [4.69, 9.17) is 4.52 Å². The van der Waals surface area contributed by atoms with Crippen LogP contribution in [0.2, 0.25) is 0 Å². The average Bonchev–Trinajstić information content (AvgIpc) is 3.05. The number of aliphatic hydroxyl groups excluding tert-OH is 1. The summed E-state index contributed by atoms with van der Waals surface area (Å²) in [6, 6.07) is 0. The summed E-state index contributed by atoms with van der Waals surface area (Å²) in [5.41, 5.74) is 1.14. The molecular formula is C27H47O5P. The summed E-state index contributed by atoms with van der Waals surface area (Å²) in [7, 11) is -4.63. The lowest BCUT2D eigenvalue weighted by molar-refractivity contribution is -0.105. The van der Waals surface area contributed by atoms with E-state index in [0.717, 1.165) is 30.6 Å². The Morgan fingerprint density at radius 1 is 1.12 bits per heavy atom. The van der Waals surface area contributed by atoms with Gasteiger partial charge in [-0.1, -0.05) is 65.5 Å². The first-order chi connectivity index (χ1) is 15.4. The lowest BCUT2D eigenvalue weighted by atomic mass is 9.46. The van der Waals surface area contributed by atoms with Gasteiger partial charge in [0.1, 0.15) is 0 Å². The van der Waals surface area contributed by atoms with Crippen molar-refractivity contribution in [3.8, 4) is 0 Å². The van der Waals surface area contributed by atoms with Crippen LogP contribution < -0.4 is 0 Å². The van der Waals surface area contributed by atoms with Gasteiger partial charge in [0.05, 0.1) is 12.2 Å². The Balaban J connectivity index is 1.56. The first-order valence-electron chi connectivity index (χ1n) is 13.5. The molecule has 33 heavy (non-hydrogen) atoms. The van der Waals surface area contributed by atoms with Crippen molar-refractivity contribution < 1.29 is 24.0 Å². The number of phosphoric ester groups is 1. The van der Waals surface area contributed by atoms with Crippen molar-refractivity contribution in [2.45, 2.75) is 111 Å². The summed E-state index contributed by atoms with van der Waals surface area (Å²) >= 11 is 0. The molecule has 0 amide bonds. The normalized spacial score (nSPS) is 44.1. The van der Waals surface area contributed by atoms with Gasteiger partial charge in [0, 0.05) is 11.8 Å². The molecule has 0 aromatic rings. The molecule has 0 heterocycles. The van der Waals surface area contributed by atoms with Crippen molar-refractivity contribution in [2.24, 2.45) is 46.3 Å². The fourth-order valence-corrected chi connectivity index (χ4v) is 9.65. The maximum Gasteiger partial charge on any atom is 0.469 e. The zero-order valence-electron chi connectivity index (χ0n) is 21.4. The van der Waals surface area contributed by atoms with E-state index in [9.17, 15) is 19.5 Å². The largest absolute Gasteiger partial charge is 0.469 e. The van der Waals surface area contributed by atoms with Crippen LogP contribution in [-0.4, -0.2) is 27.1 Å². The highest BCUT2D eigenvalue weighted by molar-refractivity contribution is 7.46. The second-order valence-electron chi connectivity index (χ2n) is 12.8. The van der Waals surface area contributed by atoms with E-state index in [0.29, 0.717) is 36.0 Å². The molecule has 3 N–H and O–H groups in total. The van der Waals surface area contributed by atoms with Crippen molar-refractivity contribution in [1.82, 2.24) is 0 Å². The Kier molecular flexibility index (Phi) is 7.34. The molecule has 5 nitrogen and oxygen atoms in total. The van der Waals surface area contributed by atoms with Crippen LogP contribution in [0, 0.1) is 46.3 Å². The van der Waals surface area contributed by atoms with E-state index in [-0.39, 0.29) is 0 Å². The van der Waals surface area contributed by atoms with Gasteiger partial charge in [0.2, 0.25) is 0 Å². The van der Waals surface area contributed by atoms with Crippen LogP contribution in [0.1, 0.15) is 98.8 Å². The number of hydrogen-bond donors (Lipinski definition) is 3. The highest BCUT2D eigenvalue weighted by atomic mass is 31.2. The molecule has 0 aromatic carbocycles. The Morgan fingerprint density at radius 2 is 1.85 bits per heavy atom. The summed E-state index contributed by atoms with van der Waals surface area (Å²) in [5.74, 6) is 3.91. The van der Waals surface area contributed by atoms with E-state index in [1.54, 1.807) is 0 Å². The summed E-state index contributed by atoms with van der Waals surface area (Å²) < 4.78 is 17.2. The van der Waals surface area contributed by atoms with Gasteiger partial charge in [0.25, 0.3) is 0 Å². The van der Waals surface area contributed by atoms with E-state index >= 15 is 0 Å². The average molecular weight is 483 g/mol. The Hall–Kier alpha value is -0.190. The van der Waals surface area contributed by atoms with Gasteiger partial charge in [-0.25, -0.2) is 4.57 Å². The molecule has 0 spiro atoms. The molecule has 190 valence electrons. The number of hydrogen-bond acceptors (Lipinski definition) is 3. The molecule has 4 rings (SSSR count). The van der Waals surface area contributed by atoms with Crippen molar-refractivity contribution in [2.75, 3.05) is 0 Å². The Morgan fingerprint density at radius 3 is 2.52 bits per heavy atom. The van der Waals surface area contributed by atoms with Crippen molar-refractivity contribution >= 4 is 7.82 Å². The zero-order valence-corrected chi connectivity index (χ0v) is 22.3. The predicted molar refractivity (Wildman–Crippen MR) is 131 cm³/mol. The number of phosphoric acid groups is 1. The van der Waals surface area contributed by atoms with Crippen LogP contribution in [0.25, 0.3) is 0 Å². The number of aliphatic hydroxyl groups is 1. The molecule has 1 unspecified atom stereocenters. The molecule has 0 radical (unpaired) electrons. The van der Waals surface area contributed by atoms with Crippen molar-refractivity contribution in [3.63, 3.8) is 0 Å². The smallest absolute Gasteiger partial charge is 0.393 e. The van der Waals surface area contributed by atoms with Crippen LogP contribution in [0.15, 0.2) is 11.6 Å². The molecular weight excluding hydrogens is 435 g/mol. The Bertz CT molecular complexity index is 789. The van der Waals surface area contributed by atoms with Gasteiger partial charge in [0.15, 0.2) is 0 Å². The zero-order chi connectivity index (χ0) is 24.2. The summed E-state index contributed by atoms with van der Waals surface area (Å²) in [6.45, 7) is 11.8. The lowest BCUT2D eigenvalue weighted by Crippen LogP contribution is -2.56. The molecule has 0 saturated heterocycles.